The largest absolute Gasteiger partial charge is 0.494 e. The second kappa shape index (κ2) is 7.08. The van der Waals surface area contributed by atoms with Crippen molar-refractivity contribution in [1.29, 1.82) is 0 Å². The van der Waals surface area contributed by atoms with E-state index in [4.69, 9.17) is 4.74 Å². The number of nitrogens with zero attached hydrogens (tertiary/aromatic N) is 1. The molecule has 8 heteroatoms. The van der Waals surface area contributed by atoms with Crippen LogP contribution in [-0.4, -0.2) is 27.5 Å². The zero-order chi connectivity index (χ0) is 18.8. The molecule has 0 unspecified atom stereocenters. The Labute approximate surface area is 158 Å². The van der Waals surface area contributed by atoms with E-state index in [1.165, 1.54) is 11.3 Å². The maximum atomic E-state index is 12.5. The highest BCUT2D eigenvalue weighted by atomic mass is 32.1. The molecular weight excluding hydrogens is 364 g/mol. The molecule has 0 radical (unpaired) electrons. The molecule has 27 heavy (non-hydrogen) atoms. The van der Waals surface area contributed by atoms with Crippen molar-refractivity contribution in [2.45, 2.75) is 6.92 Å². The molecule has 0 aliphatic carbocycles. The maximum absolute atomic E-state index is 12.5. The van der Waals surface area contributed by atoms with E-state index in [1.54, 1.807) is 23.6 Å². The van der Waals surface area contributed by atoms with Crippen molar-refractivity contribution < 1.29 is 9.53 Å². The Morgan fingerprint density at radius 1 is 1.15 bits per heavy atom. The SMILES string of the molecule is CCOc1ccc(-c2nc(C(=O)Nc3ccc4[nH]c(=O)[nH]c4c3)cs2)cc1. The van der Waals surface area contributed by atoms with Crippen LogP contribution in [-0.2, 0) is 0 Å². The third kappa shape index (κ3) is 3.61. The van der Waals surface area contributed by atoms with E-state index in [9.17, 15) is 9.59 Å². The van der Waals surface area contributed by atoms with E-state index in [2.05, 4.69) is 20.3 Å². The van der Waals surface area contributed by atoms with Crippen LogP contribution in [0.2, 0.25) is 0 Å². The Bertz CT molecular complexity index is 1160. The fourth-order valence-electron chi connectivity index (χ4n) is 2.68. The molecule has 0 atom stereocenters. The predicted octanol–water partition coefficient (Wildman–Crippen LogP) is 3.63. The number of amides is 1. The lowest BCUT2D eigenvalue weighted by Gasteiger charge is -2.04. The van der Waals surface area contributed by atoms with Gasteiger partial charge in [0, 0.05) is 16.6 Å². The lowest BCUT2D eigenvalue weighted by Crippen LogP contribution is -2.12. The van der Waals surface area contributed by atoms with Gasteiger partial charge >= 0.3 is 5.69 Å². The molecule has 2 aromatic heterocycles. The number of aromatic nitrogens is 3. The molecule has 7 nitrogen and oxygen atoms in total. The molecule has 136 valence electrons. The average molecular weight is 380 g/mol. The van der Waals surface area contributed by atoms with Crippen LogP contribution in [0.3, 0.4) is 0 Å². The van der Waals surface area contributed by atoms with Crippen molar-refractivity contribution in [2.75, 3.05) is 11.9 Å². The maximum Gasteiger partial charge on any atom is 0.323 e. The topological polar surface area (TPSA) is 99.9 Å². The van der Waals surface area contributed by atoms with E-state index >= 15 is 0 Å². The number of hydrogen-bond acceptors (Lipinski definition) is 5. The minimum atomic E-state index is -0.305. The Balaban J connectivity index is 1.51. The number of H-pyrrole nitrogens is 2. The fraction of sp³-hybridized carbons (Fsp3) is 0.105. The molecule has 1 amide bonds. The van der Waals surface area contributed by atoms with Crippen LogP contribution in [0.25, 0.3) is 21.6 Å². The summed E-state index contributed by atoms with van der Waals surface area (Å²) >= 11 is 1.40. The lowest BCUT2D eigenvalue weighted by molar-refractivity contribution is 0.102. The number of anilines is 1. The summed E-state index contributed by atoms with van der Waals surface area (Å²) in [5, 5.41) is 5.28. The molecule has 3 N–H and O–H groups in total. The number of benzene rings is 2. The van der Waals surface area contributed by atoms with Crippen molar-refractivity contribution in [3.05, 3.63) is 64.0 Å². The van der Waals surface area contributed by atoms with Crippen LogP contribution in [0, 0.1) is 0 Å². The molecule has 0 aliphatic heterocycles. The van der Waals surface area contributed by atoms with E-state index in [0.717, 1.165) is 16.3 Å². The van der Waals surface area contributed by atoms with Gasteiger partial charge in [-0.2, -0.15) is 0 Å². The summed E-state index contributed by atoms with van der Waals surface area (Å²) in [4.78, 5) is 33.5. The van der Waals surface area contributed by atoms with E-state index in [0.29, 0.717) is 29.0 Å². The molecule has 2 heterocycles. The number of ether oxygens (including phenoxy) is 1. The van der Waals surface area contributed by atoms with E-state index < -0.39 is 0 Å². The number of hydrogen-bond donors (Lipinski definition) is 3. The van der Waals surface area contributed by atoms with Gasteiger partial charge in [-0.05, 0) is 49.4 Å². The standard InChI is InChI=1S/C19H16N4O3S/c1-2-26-13-6-3-11(4-7-13)18-21-16(10-27-18)17(24)20-12-5-8-14-15(9-12)23-19(25)22-14/h3-10H,2H2,1H3,(H,20,24)(H2,22,23,25). The van der Waals surface area contributed by atoms with Crippen LogP contribution >= 0.6 is 11.3 Å². The van der Waals surface area contributed by atoms with Crippen molar-refractivity contribution >= 4 is 34.0 Å². The van der Waals surface area contributed by atoms with Gasteiger partial charge in [0.15, 0.2) is 0 Å². The van der Waals surface area contributed by atoms with E-state index in [1.807, 2.05) is 31.2 Å². The second-order valence-corrected chi connectivity index (χ2v) is 6.65. The first-order chi connectivity index (χ1) is 13.1. The molecular formula is C19H16N4O3S. The van der Waals surface area contributed by atoms with Gasteiger partial charge in [-0.3, -0.25) is 4.79 Å². The van der Waals surface area contributed by atoms with Crippen molar-refractivity contribution in [3.8, 4) is 16.3 Å². The summed E-state index contributed by atoms with van der Waals surface area (Å²) in [6, 6.07) is 12.8. The highest BCUT2D eigenvalue weighted by Gasteiger charge is 2.13. The van der Waals surface area contributed by atoms with Crippen LogP contribution < -0.4 is 15.7 Å². The van der Waals surface area contributed by atoms with Gasteiger partial charge in [0.05, 0.1) is 17.6 Å². The van der Waals surface area contributed by atoms with Crippen LogP contribution in [0.1, 0.15) is 17.4 Å². The third-order valence-electron chi connectivity index (χ3n) is 3.92. The van der Waals surface area contributed by atoms with Gasteiger partial charge in [-0.25, -0.2) is 9.78 Å². The number of nitrogens with one attached hydrogen (secondary N) is 3. The normalized spacial score (nSPS) is 10.9. The van der Waals surface area contributed by atoms with Crippen molar-refractivity contribution in [1.82, 2.24) is 15.0 Å². The molecule has 0 spiro atoms. The number of imidazole rings is 1. The summed E-state index contributed by atoms with van der Waals surface area (Å²) < 4.78 is 5.43. The van der Waals surface area contributed by atoms with E-state index in [-0.39, 0.29) is 11.6 Å². The van der Waals surface area contributed by atoms with Crippen molar-refractivity contribution in [3.63, 3.8) is 0 Å². The summed E-state index contributed by atoms with van der Waals surface area (Å²) in [5.41, 5.74) is 2.88. The zero-order valence-electron chi connectivity index (χ0n) is 14.4. The molecule has 2 aromatic carbocycles. The highest BCUT2D eigenvalue weighted by molar-refractivity contribution is 7.13. The Morgan fingerprint density at radius 3 is 2.70 bits per heavy atom. The Hall–Kier alpha value is -3.39. The van der Waals surface area contributed by atoms with Gasteiger partial charge in [-0.15, -0.1) is 11.3 Å². The molecule has 4 aromatic rings. The molecule has 0 saturated carbocycles. The fourth-order valence-corrected chi connectivity index (χ4v) is 3.48. The number of fused-ring (bicyclic) bond motifs is 1. The van der Waals surface area contributed by atoms with Crippen LogP contribution in [0.4, 0.5) is 5.69 Å². The highest BCUT2D eigenvalue weighted by Crippen LogP contribution is 2.26. The average Bonchev–Trinajstić information content (AvgIpc) is 3.28. The lowest BCUT2D eigenvalue weighted by atomic mass is 10.2. The number of carbonyl (C=O) groups is 1. The number of aromatic amines is 2. The molecule has 0 aliphatic rings. The van der Waals surface area contributed by atoms with Gasteiger partial charge in [0.2, 0.25) is 0 Å². The third-order valence-corrected chi connectivity index (χ3v) is 4.81. The summed E-state index contributed by atoms with van der Waals surface area (Å²) in [6.45, 7) is 2.55. The minimum absolute atomic E-state index is 0.284. The summed E-state index contributed by atoms with van der Waals surface area (Å²) in [6.07, 6.45) is 0. The quantitative estimate of drug-likeness (QED) is 0.492. The summed E-state index contributed by atoms with van der Waals surface area (Å²) in [5.74, 6) is 0.495. The molecule has 0 bridgehead atoms. The smallest absolute Gasteiger partial charge is 0.323 e. The minimum Gasteiger partial charge on any atom is -0.494 e. The first-order valence-electron chi connectivity index (χ1n) is 8.34. The number of thiazole rings is 1. The monoisotopic (exact) mass is 380 g/mol. The van der Waals surface area contributed by atoms with Crippen LogP contribution in [0.15, 0.2) is 52.6 Å². The van der Waals surface area contributed by atoms with Crippen LogP contribution in [0.5, 0.6) is 5.75 Å². The van der Waals surface area contributed by atoms with Crippen molar-refractivity contribution in [2.24, 2.45) is 0 Å². The molecule has 4 rings (SSSR count). The Morgan fingerprint density at radius 2 is 1.93 bits per heavy atom. The van der Waals surface area contributed by atoms with Gasteiger partial charge in [-0.1, -0.05) is 0 Å². The number of rotatable bonds is 5. The van der Waals surface area contributed by atoms with Gasteiger partial charge in [0.1, 0.15) is 16.5 Å². The number of carbonyl (C=O) groups excluding carboxylic acids is 1. The zero-order valence-corrected chi connectivity index (χ0v) is 15.2. The molecule has 0 fully saturated rings. The Kier molecular flexibility index (Phi) is 4.47. The second-order valence-electron chi connectivity index (χ2n) is 5.79. The predicted molar refractivity (Wildman–Crippen MR) is 106 cm³/mol. The molecule has 0 saturated heterocycles. The van der Waals surface area contributed by atoms with Gasteiger partial charge < -0.3 is 20.0 Å². The first-order valence-corrected chi connectivity index (χ1v) is 9.22. The summed E-state index contributed by atoms with van der Waals surface area (Å²) in [7, 11) is 0. The van der Waals surface area contributed by atoms with Gasteiger partial charge in [0.25, 0.3) is 5.91 Å². The first kappa shape index (κ1) is 17.0.